The molecule has 1 aromatic carbocycles. The fourth-order valence-corrected chi connectivity index (χ4v) is 7.87. The molecule has 1 saturated heterocycles. The molecule has 1 amide bonds. The first kappa shape index (κ1) is 34.9. The second kappa shape index (κ2) is 14.2. The van der Waals surface area contributed by atoms with E-state index < -0.39 is 24.2 Å². The van der Waals surface area contributed by atoms with Gasteiger partial charge in [-0.3, -0.25) is 14.5 Å². The van der Waals surface area contributed by atoms with Gasteiger partial charge in [0.25, 0.3) is 0 Å². The minimum absolute atomic E-state index is 0.103. The molecule has 2 bridgehead atoms. The van der Waals surface area contributed by atoms with E-state index in [1.807, 2.05) is 0 Å². The molecule has 1 aliphatic heterocycles. The van der Waals surface area contributed by atoms with Gasteiger partial charge < -0.3 is 20.4 Å². The Morgan fingerprint density at radius 2 is 1.89 bits per heavy atom. The maximum Gasteiger partial charge on any atom is 0.240 e. The van der Waals surface area contributed by atoms with Crippen LogP contribution < -0.4 is 5.32 Å². The van der Waals surface area contributed by atoms with Crippen molar-refractivity contribution >= 4 is 5.91 Å². The second-order valence-electron chi connectivity index (χ2n) is 16.0. The zero-order valence-corrected chi connectivity index (χ0v) is 28.8. The lowest BCUT2D eigenvalue weighted by molar-refractivity contribution is -0.170. The average molecular weight is 613 g/mol. The summed E-state index contributed by atoms with van der Waals surface area (Å²) >= 11 is 0. The van der Waals surface area contributed by atoms with Gasteiger partial charge in [-0.1, -0.05) is 65.8 Å². The zero-order chi connectivity index (χ0) is 32.4. The Morgan fingerprint density at radius 1 is 1.18 bits per heavy atom. The molecule has 44 heavy (non-hydrogen) atoms. The summed E-state index contributed by atoms with van der Waals surface area (Å²) in [6.07, 6.45) is 4.45. The maximum atomic E-state index is 14.1. The molecule has 3 aliphatic carbocycles. The number of aliphatic hydroxyl groups excluding tert-OH is 2. The highest BCUT2D eigenvalue weighted by Crippen LogP contribution is 2.61. The van der Waals surface area contributed by atoms with Gasteiger partial charge in [-0.05, 0) is 92.6 Å². The largest absolute Gasteiger partial charge is 0.516 e. The van der Waals surface area contributed by atoms with Gasteiger partial charge in [-0.2, -0.15) is 5.06 Å². The molecule has 3 saturated carbocycles. The van der Waals surface area contributed by atoms with Gasteiger partial charge in [0.15, 0.2) is 0 Å². The van der Waals surface area contributed by atoms with Crippen LogP contribution in [-0.4, -0.2) is 89.0 Å². The number of carbonyl (C=O) groups excluding carboxylic acids is 1. The van der Waals surface area contributed by atoms with E-state index in [0.29, 0.717) is 29.7 Å². The van der Waals surface area contributed by atoms with Gasteiger partial charge in [0, 0.05) is 31.6 Å². The number of nitrogens with zero attached hydrogens (tertiary/aromatic N) is 3. The van der Waals surface area contributed by atoms with Crippen LogP contribution in [0.2, 0.25) is 0 Å². The van der Waals surface area contributed by atoms with Crippen molar-refractivity contribution in [2.75, 3.05) is 33.7 Å². The van der Waals surface area contributed by atoms with Crippen molar-refractivity contribution in [1.82, 2.24) is 20.2 Å². The standard InChI is InChI=1S/C36H60N4O4/c1-24-29-20-28(36(29,6)7)21-30(24)37-34(43)33-32(25(2)42)31(13-18-41)44-40(33)23-27-12-10-11-26(19-27)22-39(17-16-38(8)9)15-14-35(3,4)5/h10-13,18-19,24-25,28-33,41-42H,14-17,20-23H2,1-9H3,(H,37,43)/b18-13+/t24-,25-,28+,29-,30-,31?,32+,33-/m0/s1. The van der Waals surface area contributed by atoms with E-state index >= 15 is 0 Å². The Hall–Kier alpha value is -1.97. The molecule has 4 fully saturated rings. The Morgan fingerprint density at radius 3 is 2.48 bits per heavy atom. The first-order chi connectivity index (χ1) is 20.6. The molecule has 5 rings (SSSR count). The van der Waals surface area contributed by atoms with Gasteiger partial charge in [-0.25, -0.2) is 0 Å². The Balaban J connectivity index is 1.51. The Kier molecular flexibility index (Phi) is 11.3. The van der Waals surface area contributed by atoms with E-state index in [1.165, 1.54) is 18.1 Å². The summed E-state index contributed by atoms with van der Waals surface area (Å²) in [4.78, 5) is 25.1. The minimum Gasteiger partial charge on any atom is -0.516 e. The molecule has 8 atom stereocenters. The van der Waals surface area contributed by atoms with Crippen LogP contribution in [0.1, 0.15) is 78.9 Å². The predicted molar refractivity (Wildman–Crippen MR) is 177 cm³/mol. The molecule has 0 aromatic heterocycles. The molecule has 4 aliphatic rings. The van der Waals surface area contributed by atoms with Crippen LogP contribution in [0.15, 0.2) is 36.6 Å². The lowest BCUT2D eigenvalue weighted by atomic mass is 9.45. The van der Waals surface area contributed by atoms with Gasteiger partial charge in [0.05, 0.1) is 18.9 Å². The number of rotatable bonds is 13. The quantitative estimate of drug-likeness (QED) is 0.263. The van der Waals surface area contributed by atoms with Crippen molar-refractivity contribution < 1.29 is 19.8 Å². The van der Waals surface area contributed by atoms with Crippen molar-refractivity contribution in [2.24, 2.45) is 34.5 Å². The van der Waals surface area contributed by atoms with Crippen LogP contribution in [0.5, 0.6) is 0 Å². The second-order valence-corrected chi connectivity index (χ2v) is 16.0. The lowest BCUT2D eigenvalue weighted by Gasteiger charge is -2.62. The average Bonchev–Trinajstić information content (AvgIpc) is 3.28. The number of aliphatic hydroxyl groups is 2. The summed E-state index contributed by atoms with van der Waals surface area (Å²) in [5.74, 6) is 1.03. The summed E-state index contributed by atoms with van der Waals surface area (Å²) in [5, 5.41) is 25.6. The first-order valence-electron chi connectivity index (χ1n) is 16.8. The minimum atomic E-state index is -0.799. The van der Waals surface area contributed by atoms with Crippen LogP contribution in [-0.2, 0) is 22.7 Å². The van der Waals surface area contributed by atoms with Crippen LogP contribution in [0, 0.1) is 34.5 Å². The van der Waals surface area contributed by atoms with Gasteiger partial charge in [-0.15, -0.1) is 0 Å². The number of carbonyl (C=O) groups is 1. The number of hydrogen-bond donors (Lipinski definition) is 3. The summed E-state index contributed by atoms with van der Waals surface area (Å²) < 4.78 is 0. The van der Waals surface area contributed by atoms with E-state index in [4.69, 9.17) is 4.84 Å². The highest BCUT2D eigenvalue weighted by atomic mass is 16.7. The van der Waals surface area contributed by atoms with Crippen LogP contribution in [0.4, 0.5) is 0 Å². The third-order valence-electron chi connectivity index (χ3n) is 10.9. The van der Waals surface area contributed by atoms with Crippen LogP contribution >= 0.6 is 0 Å². The molecule has 0 radical (unpaired) electrons. The van der Waals surface area contributed by atoms with Gasteiger partial charge >= 0.3 is 0 Å². The van der Waals surface area contributed by atoms with Gasteiger partial charge in [0.2, 0.25) is 5.91 Å². The molecular formula is C36H60N4O4. The van der Waals surface area contributed by atoms with E-state index in [9.17, 15) is 15.0 Å². The number of benzene rings is 1. The molecule has 8 nitrogen and oxygen atoms in total. The fourth-order valence-electron chi connectivity index (χ4n) is 7.87. The van der Waals surface area contributed by atoms with Crippen LogP contribution in [0.3, 0.4) is 0 Å². The fraction of sp³-hybridized carbons (Fsp3) is 0.750. The summed E-state index contributed by atoms with van der Waals surface area (Å²) in [7, 11) is 4.23. The number of fused-ring (bicyclic) bond motifs is 2. The maximum absolute atomic E-state index is 14.1. The molecule has 1 unspecified atom stereocenters. The number of hydrogen-bond acceptors (Lipinski definition) is 7. The highest BCUT2D eigenvalue weighted by molar-refractivity contribution is 5.83. The van der Waals surface area contributed by atoms with Crippen molar-refractivity contribution in [1.29, 1.82) is 0 Å². The zero-order valence-electron chi connectivity index (χ0n) is 28.8. The Bertz CT molecular complexity index is 1130. The monoisotopic (exact) mass is 612 g/mol. The molecule has 1 heterocycles. The Labute approximate surface area is 266 Å². The van der Waals surface area contributed by atoms with E-state index in [0.717, 1.165) is 50.8 Å². The molecule has 3 N–H and O–H groups in total. The molecule has 0 spiro atoms. The predicted octanol–water partition coefficient (Wildman–Crippen LogP) is 5.23. The summed E-state index contributed by atoms with van der Waals surface area (Å²) in [6.45, 7) is 19.9. The molecular weight excluding hydrogens is 552 g/mol. The topological polar surface area (TPSA) is 88.5 Å². The highest BCUT2D eigenvalue weighted by Gasteiger charge is 2.57. The SMILES string of the molecule is C[C@@H]1[C@@H](NC(=O)[C@@H]2[C@H]([C@H](C)O)C(/C=C/O)ON2Cc2cccc(CN(CCN(C)C)CCC(C)(C)C)c2)C[C@H]2C[C@@H]1C2(C)C. The third kappa shape index (κ3) is 8.24. The number of hydroxylamine groups is 2. The van der Waals surface area contributed by atoms with E-state index in [2.05, 4.69) is 95.0 Å². The van der Waals surface area contributed by atoms with Crippen molar-refractivity contribution in [3.05, 3.63) is 47.7 Å². The van der Waals surface area contributed by atoms with Crippen LogP contribution in [0.25, 0.3) is 0 Å². The number of nitrogens with one attached hydrogen (secondary N) is 1. The first-order valence-corrected chi connectivity index (χ1v) is 16.8. The van der Waals surface area contributed by atoms with Gasteiger partial charge in [0.1, 0.15) is 12.1 Å². The normalized spacial score (nSPS) is 31.0. The van der Waals surface area contributed by atoms with E-state index in [-0.39, 0.29) is 17.4 Å². The van der Waals surface area contributed by atoms with Crippen molar-refractivity contribution in [2.45, 2.75) is 105 Å². The smallest absolute Gasteiger partial charge is 0.240 e. The molecule has 1 aromatic rings. The number of amides is 1. The molecule has 8 heteroatoms. The summed E-state index contributed by atoms with van der Waals surface area (Å²) in [6, 6.07) is 7.98. The molecule has 248 valence electrons. The van der Waals surface area contributed by atoms with Crippen molar-refractivity contribution in [3.63, 3.8) is 0 Å². The lowest BCUT2D eigenvalue weighted by Crippen LogP contribution is -2.62. The van der Waals surface area contributed by atoms with E-state index in [1.54, 1.807) is 12.0 Å². The summed E-state index contributed by atoms with van der Waals surface area (Å²) in [5.41, 5.74) is 2.89. The van der Waals surface area contributed by atoms with Crippen molar-refractivity contribution in [3.8, 4) is 0 Å². The third-order valence-corrected chi connectivity index (χ3v) is 10.9. The number of likely N-dealkylation sites (N-methyl/N-ethyl adjacent to an activating group) is 1.